The number of nitro benzene ring substituents is 1. The molecule has 0 saturated heterocycles. The number of para-hydroxylation sites is 1. The Balaban J connectivity index is 1.82. The third-order valence-electron chi connectivity index (χ3n) is 5.66. The van der Waals surface area contributed by atoms with Crippen molar-refractivity contribution in [2.75, 3.05) is 0 Å². The Hall–Kier alpha value is -3.29. The van der Waals surface area contributed by atoms with Crippen molar-refractivity contribution in [3.63, 3.8) is 0 Å². The van der Waals surface area contributed by atoms with E-state index in [4.69, 9.17) is 4.43 Å². The van der Waals surface area contributed by atoms with E-state index >= 15 is 0 Å². The van der Waals surface area contributed by atoms with Crippen LogP contribution in [0.25, 0.3) is 11.0 Å². The van der Waals surface area contributed by atoms with Gasteiger partial charge in [-0.2, -0.15) is 0 Å². The fourth-order valence-electron chi connectivity index (χ4n) is 4.25. The Bertz CT molecular complexity index is 1160. The summed E-state index contributed by atoms with van der Waals surface area (Å²) in [5, 5.41) is 13.6. The average Bonchev–Trinajstić information content (AvgIpc) is 3.18. The number of non-ortho nitro benzene ring substituents is 1. The van der Waals surface area contributed by atoms with Crippen LogP contribution in [0.1, 0.15) is 20.8 Å². The van der Waals surface area contributed by atoms with E-state index in [1.807, 2.05) is 47.0 Å². The van der Waals surface area contributed by atoms with E-state index in [1.54, 1.807) is 12.4 Å². The molecule has 0 aliphatic rings. The number of aromatic nitrogens is 2. The summed E-state index contributed by atoms with van der Waals surface area (Å²) in [5.74, 6) is 0. The zero-order valence-corrected chi connectivity index (χ0v) is 18.9. The summed E-state index contributed by atoms with van der Waals surface area (Å²) >= 11 is 0. The maximum absolute atomic E-state index is 11.4. The van der Waals surface area contributed by atoms with E-state index in [-0.39, 0.29) is 17.5 Å². The standard InChI is InChI=1S/C24H25N3O3Si/c1-24(2,3)31(19-11-6-4-7-12-19,20-13-8-5-9-14-20)30-18-26-17-25-23-21(26)15-10-16-22(23)27(28)29/h4-17H,18H2,1-3H3. The number of benzene rings is 3. The second-order valence-corrected chi connectivity index (χ2v) is 12.9. The van der Waals surface area contributed by atoms with Crippen molar-refractivity contribution in [2.45, 2.75) is 32.5 Å². The first kappa shape index (κ1) is 21.0. The molecule has 0 fully saturated rings. The van der Waals surface area contributed by atoms with Crippen LogP contribution in [0.4, 0.5) is 5.69 Å². The van der Waals surface area contributed by atoms with Gasteiger partial charge in [0.25, 0.3) is 14.0 Å². The molecule has 0 spiro atoms. The zero-order chi connectivity index (χ0) is 22.1. The number of nitro groups is 1. The first-order chi connectivity index (χ1) is 14.8. The van der Waals surface area contributed by atoms with Gasteiger partial charge in [-0.1, -0.05) is 87.5 Å². The van der Waals surface area contributed by atoms with E-state index in [0.29, 0.717) is 11.0 Å². The van der Waals surface area contributed by atoms with Gasteiger partial charge in [-0.05, 0) is 21.5 Å². The molecule has 4 aromatic rings. The van der Waals surface area contributed by atoms with Gasteiger partial charge < -0.3 is 8.99 Å². The van der Waals surface area contributed by atoms with Crippen LogP contribution in [0.3, 0.4) is 0 Å². The van der Waals surface area contributed by atoms with Crippen LogP contribution in [0.5, 0.6) is 0 Å². The maximum Gasteiger partial charge on any atom is 0.297 e. The topological polar surface area (TPSA) is 70.2 Å². The third-order valence-corrected chi connectivity index (χ3v) is 10.6. The lowest BCUT2D eigenvalue weighted by atomic mass is 10.2. The maximum atomic E-state index is 11.4. The molecular weight excluding hydrogens is 406 g/mol. The minimum absolute atomic E-state index is 0.00157. The van der Waals surface area contributed by atoms with Crippen molar-refractivity contribution >= 4 is 35.4 Å². The van der Waals surface area contributed by atoms with Crippen LogP contribution in [-0.4, -0.2) is 22.8 Å². The molecule has 0 aliphatic heterocycles. The number of imidazole rings is 1. The van der Waals surface area contributed by atoms with E-state index in [0.717, 1.165) is 0 Å². The lowest BCUT2D eigenvalue weighted by molar-refractivity contribution is -0.383. The highest BCUT2D eigenvalue weighted by atomic mass is 28.4. The zero-order valence-electron chi connectivity index (χ0n) is 17.9. The molecule has 7 heteroatoms. The molecule has 4 rings (SSSR count). The lowest BCUT2D eigenvalue weighted by Gasteiger charge is -2.43. The van der Waals surface area contributed by atoms with Crippen molar-refractivity contribution in [1.29, 1.82) is 0 Å². The summed E-state index contributed by atoms with van der Waals surface area (Å²) in [5.41, 5.74) is 1.06. The quantitative estimate of drug-likeness (QED) is 0.256. The van der Waals surface area contributed by atoms with Crippen LogP contribution in [0, 0.1) is 10.1 Å². The summed E-state index contributed by atoms with van der Waals surface area (Å²) in [4.78, 5) is 15.3. The Morgan fingerprint density at radius 3 is 2.03 bits per heavy atom. The van der Waals surface area contributed by atoms with E-state index in [1.165, 1.54) is 16.4 Å². The first-order valence-corrected chi connectivity index (χ1v) is 12.1. The van der Waals surface area contributed by atoms with Crippen molar-refractivity contribution in [2.24, 2.45) is 0 Å². The van der Waals surface area contributed by atoms with Crippen molar-refractivity contribution < 1.29 is 9.35 Å². The van der Waals surface area contributed by atoms with Crippen LogP contribution >= 0.6 is 0 Å². The first-order valence-electron chi connectivity index (χ1n) is 10.2. The summed E-state index contributed by atoms with van der Waals surface area (Å²) in [6.45, 7) is 6.91. The molecule has 0 amide bonds. The molecule has 3 aromatic carbocycles. The Kier molecular flexibility index (Phi) is 5.47. The number of nitrogens with zero attached hydrogens (tertiary/aromatic N) is 3. The number of hydrogen-bond acceptors (Lipinski definition) is 4. The normalized spacial score (nSPS) is 12.2. The highest BCUT2D eigenvalue weighted by molar-refractivity contribution is 6.99. The summed E-state index contributed by atoms with van der Waals surface area (Å²) in [7, 11) is -2.71. The summed E-state index contributed by atoms with van der Waals surface area (Å²) in [6, 6.07) is 25.8. The largest absolute Gasteiger partial charge is 0.390 e. The predicted molar refractivity (Wildman–Crippen MR) is 125 cm³/mol. The van der Waals surface area contributed by atoms with Gasteiger partial charge in [0, 0.05) is 6.07 Å². The Morgan fingerprint density at radius 1 is 0.935 bits per heavy atom. The molecule has 0 bridgehead atoms. The van der Waals surface area contributed by atoms with Gasteiger partial charge in [0.15, 0.2) is 5.52 Å². The second kappa shape index (κ2) is 8.09. The van der Waals surface area contributed by atoms with Gasteiger partial charge in [-0.25, -0.2) is 4.98 Å². The number of fused-ring (bicyclic) bond motifs is 1. The molecule has 0 radical (unpaired) electrons. The molecule has 6 nitrogen and oxygen atoms in total. The fraction of sp³-hybridized carbons (Fsp3) is 0.208. The van der Waals surface area contributed by atoms with Gasteiger partial charge in [-0.15, -0.1) is 0 Å². The van der Waals surface area contributed by atoms with Crippen molar-refractivity contribution in [3.05, 3.63) is 95.3 Å². The monoisotopic (exact) mass is 431 g/mol. The van der Waals surface area contributed by atoms with E-state index in [2.05, 4.69) is 50.0 Å². The molecule has 1 aromatic heterocycles. The molecule has 0 N–H and O–H groups in total. The minimum atomic E-state index is -2.71. The summed E-state index contributed by atoms with van der Waals surface area (Å²) in [6.07, 6.45) is 1.62. The smallest absolute Gasteiger partial charge is 0.297 e. The van der Waals surface area contributed by atoms with Gasteiger partial charge in [0.1, 0.15) is 6.73 Å². The minimum Gasteiger partial charge on any atom is -0.390 e. The second-order valence-electron chi connectivity index (χ2n) is 8.55. The van der Waals surface area contributed by atoms with Crippen molar-refractivity contribution in [1.82, 2.24) is 9.55 Å². The molecule has 1 heterocycles. The SMILES string of the molecule is CC(C)(C)[Si](OCn1cnc2c([N+](=O)[O-])cccc21)(c1ccccc1)c1ccccc1. The molecule has 0 unspecified atom stereocenters. The third kappa shape index (κ3) is 3.66. The van der Waals surface area contributed by atoms with Crippen LogP contribution in [0.2, 0.25) is 5.04 Å². The van der Waals surface area contributed by atoms with E-state index in [9.17, 15) is 10.1 Å². The molecule has 0 aliphatic carbocycles. The van der Waals surface area contributed by atoms with Crippen molar-refractivity contribution in [3.8, 4) is 0 Å². The fourth-order valence-corrected chi connectivity index (χ4v) is 8.74. The van der Waals surface area contributed by atoms with Crippen LogP contribution in [-0.2, 0) is 11.2 Å². The van der Waals surface area contributed by atoms with Crippen LogP contribution in [0.15, 0.2) is 85.2 Å². The lowest BCUT2D eigenvalue weighted by Crippen LogP contribution is -2.66. The highest BCUT2D eigenvalue weighted by Gasteiger charge is 2.50. The van der Waals surface area contributed by atoms with Gasteiger partial charge in [-0.3, -0.25) is 10.1 Å². The summed E-state index contributed by atoms with van der Waals surface area (Å²) < 4.78 is 8.76. The average molecular weight is 432 g/mol. The number of hydrogen-bond donors (Lipinski definition) is 0. The molecule has 0 atom stereocenters. The van der Waals surface area contributed by atoms with E-state index < -0.39 is 13.2 Å². The van der Waals surface area contributed by atoms with Gasteiger partial charge in [0.05, 0.1) is 16.8 Å². The number of rotatable bonds is 6. The molecule has 158 valence electrons. The highest BCUT2D eigenvalue weighted by Crippen LogP contribution is 2.37. The Morgan fingerprint density at radius 2 is 1.52 bits per heavy atom. The van der Waals surface area contributed by atoms with Crippen LogP contribution < -0.4 is 10.4 Å². The van der Waals surface area contributed by atoms with Gasteiger partial charge >= 0.3 is 0 Å². The van der Waals surface area contributed by atoms with Gasteiger partial charge in [0.2, 0.25) is 0 Å². The predicted octanol–water partition coefficient (Wildman–Crippen LogP) is 4.48. The molecular formula is C24H25N3O3Si. The molecule has 0 saturated carbocycles. The molecule has 31 heavy (non-hydrogen) atoms. The Labute approximate surface area is 182 Å².